The van der Waals surface area contributed by atoms with Gasteiger partial charge in [-0.25, -0.2) is 4.99 Å². The minimum absolute atomic E-state index is 0.591. The first kappa shape index (κ1) is 34.2. The summed E-state index contributed by atoms with van der Waals surface area (Å²) in [5, 5.41) is 12.6. The van der Waals surface area contributed by atoms with Gasteiger partial charge in [0.1, 0.15) is 0 Å². The molecule has 23 heteroatoms. The predicted octanol–water partition coefficient (Wildman–Crippen LogP) is 7.20. The summed E-state index contributed by atoms with van der Waals surface area (Å²) < 4.78 is 272. The average Bonchev–Trinajstić information content (AvgIpc) is 3.12. The third-order valence-electron chi connectivity index (χ3n) is 6.36. The number of carbonyl (C=O) groups excluding carboxylic acids is 1. The number of hydrogen-bond donors (Lipinski definition) is 0. The van der Waals surface area contributed by atoms with E-state index in [4.69, 9.17) is 0 Å². The summed E-state index contributed by atoms with van der Waals surface area (Å²) >= 11 is 0. The van der Waals surface area contributed by atoms with E-state index in [-0.39, 0.29) is 0 Å². The van der Waals surface area contributed by atoms with Crippen molar-refractivity contribution in [1.29, 1.82) is 0 Å². The number of ketones is 1. The Hall–Kier alpha value is -3.30. The highest BCUT2D eigenvalue weighted by Gasteiger charge is 3.06. The molecule has 0 heterocycles. The standard InChI is InChI=1S/C20H5F20NO2/c21-13(22,23)4-1-6-5(8(2-4)41-11(14(24,25)26)15(27,28)29)3-7(9(6)42)10(43)12(20(38,39)40)16(30,31)18(34,35)19(36,37)17(12,32)33/h1-2,42H,3H2/p-1. The van der Waals surface area contributed by atoms with Crippen molar-refractivity contribution in [3.63, 3.8) is 0 Å². The minimum Gasteiger partial charge on any atom is -0.872 e. The van der Waals surface area contributed by atoms with Gasteiger partial charge in [0.25, 0.3) is 5.41 Å². The molecule has 0 radical (unpaired) electrons. The number of halogens is 20. The monoisotopic (exact) mass is 670 g/mol. The zero-order chi connectivity index (χ0) is 33.9. The number of aliphatic imine (C=N–C) groups is 1. The number of Topliss-reactive ketones (excluding diaryl/α,β-unsaturated/α-hetero) is 1. The fourth-order valence-corrected chi connectivity index (χ4v) is 4.38. The van der Waals surface area contributed by atoms with Crippen LogP contribution in [0.2, 0.25) is 0 Å². The van der Waals surface area contributed by atoms with Crippen LogP contribution in [0.15, 0.2) is 22.7 Å². The van der Waals surface area contributed by atoms with E-state index in [9.17, 15) is 97.7 Å². The van der Waals surface area contributed by atoms with Gasteiger partial charge in [0.05, 0.1) is 11.3 Å². The predicted molar refractivity (Wildman–Crippen MR) is 94.6 cm³/mol. The van der Waals surface area contributed by atoms with Crippen LogP contribution in [0.5, 0.6) is 0 Å². The summed E-state index contributed by atoms with van der Waals surface area (Å²) in [4.78, 5) is 14.5. The molecule has 0 atom stereocenters. The SMILES string of the molecule is O=C(C1=C([O-])c2cc(C(F)(F)F)cc(N=C(C(F)(F)F)C(F)(F)F)c2C1)C1(C(F)(F)F)C(F)(F)C(F)(F)C(F)(F)C1(F)F. The fraction of sp³-hybridized carbons (Fsp3) is 0.500. The second-order valence-electron chi connectivity index (χ2n) is 8.83. The van der Waals surface area contributed by atoms with Crippen molar-refractivity contribution in [2.45, 2.75) is 54.8 Å². The van der Waals surface area contributed by atoms with Crippen molar-refractivity contribution >= 4 is 22.9 Å². The lowest BCUT2D eigenvalue weighted by molar-refractivity contribution is -0.342. The van der Waals surface area contributed by atoms with Crippen molar-refractivity contribution in [3.8, 4) is 0 Å². The van der Waals surface area contributed by atoms with Gasteiger partial charge in [0.15, 0.2) is 5.78 Å². The first-order chi connectivity index (χ1) is 18.7. The first-order valence-corrected chi connectivity index (χ1v) is 10.2. The molecule has 1 saturated carbocycles. The van der Waals surface area contributed by atoms with Crippen molar-refractivity contribution < 1.29 is 97.7 Å². The van der Waals surface area contributed by atoms with Crippen LogP contribution in [0.1, 0.15) is 16.7 Å². The van der Waals surface area contributed by atoms with E-state index in [1.54, 1.807) is 0 Å². The highest BCUT2D eigenvalue weighted by molar-refractivity contribution is 6.10. The lowest BCUT2D eigenvalue weighted by Crippen LogP contribution is -2.65. The van der Waals surface area contributed by atoms with E-state index in [1.807, 2.05) is 4.99 Å². The Kier molecular flexibility index (Phi) is 7.06. The summed E-state index contributed by atoms with van der Waals surface area (Å²) in [6.45, 7) is 0. The van der Waals surface area contributed by atoms with Crippen molar-refractivity contribution in [3.05, 3.63) is 34.4 Å². The molecule has 2 aliphatic carbocycles. The highest BCUT2D eigenvalue weighted by atomic mass is 19.4. The van der Waals surface area contributed by atoms with Crippen LogP contribution in [0, 0.1) is 5.41 Å². The van der Waals surface area contributed by atoms with Crippen molar-refractivity contribution in [2.24, 2.45) is 10.4 Å². The van der Waals surface area contributed by atoms with Gasteiger partial charge in [0.2, 0.25) is 5.71 Å². The van der Waals surface area contributed by atoms with Crippen LogP contribution < -0.4 is 5.11 Å². The molecule has 0 N–H and O–H groups in total. The van der Waals surface area contributed by atoms with Gasteiger partial charge >= 0.3 is 48.4 Å². The van der Waals surface area contributed by atoms with Crippen LogP contribution in [0.3, 0.4) is 0 Å². The number of fused-ring (bicyclic) bond motifs is 1. The van der Waals surface area contributed by atoms with Crippen molar-refractivity contribution in [2.75, 3.05) is 0 Å². The lowest BCUT2D eigenvalue weighted by Gasteiger charge is -2.39. The molecule has 0 aromatic heterocycles. The molecule has 1 aromatic carbocycles. The highest BCUT2D eigenvalue weighted by Crippen LogP contribution is 2.76. The number of hydrogen-bond acceptors (Lipinski definition) is 3. The Labute approximate surface area is 221 Å². The number of carbonyl (C=O) groups is 1. The largest absolute Gasteiger partial charge is 0.872 e. The molecule has 3 rings (SSSR count). The van der Waals surface area contributed by atoms with Gasteiger partial charge < -0.3 is 5.11 Å². The smallest absolute Gasteiger partial charge is 0.438 e. The Balaban J connectivity index is 2.43. The molecule has 1 aromatic rings. The number of allylic oxidation sites excluding steroid dienone is 1. The van der Waals surface area contributed by atoms with Crippen LogP contribution in [-0.4, -0.2) is 53.7 Å². The van der Waals surface area contributed by atoms with Crippen LogP contribution in [-0.2, 0) is 17.4 Å². The maximum Gasteiger partial charge on any atom is 0.438 e. The summed E-state index contributed by atoms with van der Waals surface area (Å²) in [5.41, 5.74) is -22.8. The summed E-state index contributed by atoms with van der Waals surface area (Å²) in [6.07, 6.45) is -29.3. The third kappa shape index (κ3) is 4.25. The van der Waals surface area contributed by atoms with Crippen LogP contribution in [0.25, 0.3) is 5.76 Å². The van der Waals surface area contributed by atoms with Gasteiger partial charge in [0, 0.05) is 6.42 Å². The molecule has 0 spiro atoms. The Morgan fingerprint density at radius 3 is 1.47 bits per heavy atom. The van der Waals surface area contributed by atoms with Crippen LogP contribution in [0.4, 0.5) is 93.5 Å². The quantitative estimate of drug-likeness (QED) is 0.253. The molecule has 0 saturated heterocycles. The number of nitrogens with zero attached hydrogens (tertiary/aromatic N) is 1. The van der Waals surface area contributed by atoms with Crippen molar-refractivity contribution in [1.82, 2.24) is 0 Å². The van der Waals surface area contributed by atoms with Gasteiger partial charge in [-0.3, -0.25) is 4.79 Å². The topological polar surface area (TPSA) is 52.5 Å². The maximum atomic E-state index is 14.4. The Morgan fingerprint density at radius 2 is 1.12 bits per heavy atom. The number of rotatable bonds is 3. The Bertz CT molecular complexity index is 1380. The lowest BCUT2D eigenvalue weighted by atomic mass is 9.72. The zero-order valence-electron chi connectivity index (χ0n) is 19.2. The second kappa shape index (κ2) is 8.88. The molecular weight excluding hydrogens is 666 g/mol. The molecule has 0 aliphatic heterocycles. The fourth-order valence-electron chi connectivity index (χ4n) is 4.38. The normalized spacial score (nSPS) is 22.4. The summed E-state index contributed by atoms with van der Waals surface area (Å²) in [7, 11) is 0. The van der Waals surface area contributed by atoms with E-state index >= 15 is 0 Å². The maximum absolute atomic E-state index is 14.4. The molecule has 43 heavy (non-hydrogen) atoms. The van der Waals surface area contributed by atoms with E-state index in [2.05, 4.69) is 0 Å². The minimum atomic E-state index is -7.83. The molecule has 2 aliphatic rings. The number of benzene rings is 1. The Morgan fingerprint density at radius 1 is 0.698 bits per heavy atom. The molecule has 0 unspecified atom stereocenters. The van der Waals surface area contributed by atoms with E-state index in [1.165, 1.54) is 0 Å². The van der Waals surface area contributed by atoms with E-state index in [0.717, 1.165) is 0 Å². The van der Waals surface area contributed by atoms with Gasteiger partial charge in [-0.1, -0.05) is 5.76 Å². The first-order valence-electron chi connectivity index (χ1n) is 10.2. The summed E-state index contributed by atoms with van der Waals surface area (Å²) in [6, 6.07) is -1.30. The van der Waals surface area contributed by atoms with Gasteiger partial charge in [-0.15, -0.1) is 0 Å². The summed E-state index contributed by atoms with van der Waals surface area (Å²) in [5.74, 6) is -38.2. The van der Waals surface area contributed by atoms with Gasteiger partial charge in [-0.05, 0) is 28.8 Å². The third-order valence-corrected chi connectivity index (χ3v) is 6.36. The molecule has 3 nitrogen and oxygen atoms in total. The molecule has 242 valence electrons. The molecule has 0 amide bonds. The van der Waals surface area contributed by atoms with E-state index < -0.39 is 118 Å². The second-order valence-corrected chi connectivity index (χ2v) is 8.83. The molecular formula is C20H4F20NO2-. The zero-order valence-corrected chi connectivity index (χ0v) is 19.2. The van der Waals surface area contributed by atoms with E-state index in [0.29, 0.717) is 0 Å². The number of alkyl halides is 20. The molecule has 0 bridgehead atoms. The average molecular weight is 670 g/mol. The van der Waals surface area contributed by atoms with Gasteiger partial charge in [-0.2, -0.15) is 87.8 Å². The molecule has 1 fully saturated rings. The van der Waals surface area contributed by atoms with Crippen LogP contribution >= 0.6 is 0 Å².